The summed E-state index contributed by atoms with van der Waals surface area (Å²) in [6, 6.07) is 9.33. The zero-order valence-electron chi connectivity index (χ0n) is 12.7. The monoisotopic (exact) mass is 287 g/mol. The number of hydrogen-bond donors (Lipinski definition) is 1. The molecule has 1 aliphatic carbocycles. The van der Waals surface area contributed by atoms with E-state index in [0.717, 1.165) is 5.56 Å². The minimum Gasteiger partial charge on any atom is -0.511 e. The number of carbonyl (C=O) groups excluding carboxylic acids is 1. The SMILES string of the molecule is CCO/N=C(/C1=C(O)CC(C)(C)CC1=O)c1ccccc1. The number of hydrogen-bond acceptors (Lipinski definition) is 4. The molecular weight excluding hydrogens is 266 g/mol. The van der Waals surface area contributed by atoms with Crippen LogP contribution < -0.4 is 0 Å². The van der Waals surface area contributed by atoms with E-state index < -0.39 is 0 Å². The second-order valence-electron chi connectivity index (χ2n) is 5.99. The Bertz CT molecular complexity index is 585. The van der Waals surface area contributed by atoms with Crippen LogP contribution in [0.2, 0.25) is 0 Å². The summed E-state index contributed by atoms with van der Waals surface area (Å²) in [6.07, 6.45) is 0.858. The fraction of sp³-hybridized carbons (Fsp3) is 0.412. The maximum Gasteiger partial charge on any atom is 0.169 e. The van der Waals surface area contributed by atoms with Crippen LogP contribution in [0.3, 0.4) is 0 Å². The zero-order valence-corrected chi connectivity index (χ0v) is 12.7. The lowest BCUT2D eigenvalue weighted by atomic mass is 9.75. The summed E-state index contributed by atoms with van der Waals surface area (Å²) in [5.74, 6) is 0.00427. The number of Topliss-reactive ketones (excluding diaryl/α,β-unsaturated/α-hetero) is 1. The fourth-order valence-corrected chi connectivity index (χ4v) is 2.52. The first-order valence-corrected chi connectivity index (χ1v) is 7.15. The Hall–Kier alpha value is -2.10. The molecule has 0 spiro atoms. The maximum absolute atomic E-state index is 12.4. The molecule has 0 radical (unpaired) electrons. The van der Waals surface area contributed by atoms with E-state index in [2.05, 4.69) is 5.16 Å². The molecule has 0 unspecified atom stereocenters. The average Bonchev–Trinajstić information content (AvgIpc) is 2.41. The van der Waals surface area contributed by atoms with E-state index in [1.54, 1.807) is 0 Å². The number of rotatable bonds is 4. The predicted octanol–water partition coefficient (Wildman–Crippen LogP) is 3.63. The van der Waals surface area contributed by atoms with E-state index in [1.807, 2.05) is 51.1 Å². The summed E-state index contributed by atoms with van der Waals surface area (Å²) in [6.45, 7) is 6.18. The lowest BCUT2D eigenvalue weighted by Gasteiger charge is -2.29. The molecule has 2 rings (SSSR count). The number of aliphatic hydroxyl groups is 1. The van der Waals surface area contributed by atoms with Crippen LogP contribution >= 0.6 is 0 Å². The van der Waals surface area contributed by atoms with Gasteiger partial charge in [-0.2, -0.15) is 0 Å². The van der Waals surface area contributed by atoms with Gasteiger partial charge in [-0.15, -0.1) is 0 Å². The van der Waals surface area contributed by atoms with Crippen LogP contribution in [0, 0.1) is 5.41 Å². The van der Waals surface area contributed by atoms with Gasteiger partial charge in [-0.05, 0) is 12.3 Å². The highest BCUT2D eigenvalue weighted by Crippen LogP contribution is 2.36. The van der Waals surface area contributed by atoms with Gasteiger partial charge in [-0.1, -0.05) is 49.3 Å². The summed E-state index contributed by atoms with van der Waals surface area (Å²) in [5.41, 5.74) is 1.24. The van der Waals surface area contributed by atoms with Crippen molar-refractivity contribution in [2.24, 2.45) is 10.6 Å². The predicted molar refractivity (Wildman–Crippen MR) is 82.3 cm³/mol. The fourth-order valence-electron chi connectivity index (χ4n) is 2.52. The van der Waals surface area contributed by atoms with Crippen molar-refractivity contribution in [1.29, 1.82) is 0 Å². The second kappa shape index (κ2) is 6.12. The zero-order chi connectivity index (χ0) is 15.5. The van der Waals surface area contributed by atoms with Gasteiger partial charge in [0, 0.05) is 18.4 Å². The summed E-state index contributed by atoms with van der Waals surface area (Å²) in [7, 11) is 0. The van der Waals surface area contributed by atoms with Gasteiger partial charge < -0.3 is 9.94 Å². The minimum atomic E-state index is -0.224. The molecular formula is C17H21NO3. The molecule has 0 saturated carbocycles. The lowest BCUT2D eigenvalue weighted by Crippen LogP contribution is -2.29. The maximum atomic E-state index is 12.4. The summed E-state index contributed by atoms with van der Waals surface area (Å²) in [5, 5.41) is 14.4. The average molecular weight is 287 g/mol. The molecule has 0 amide bonds. The van der Waals surface area contributed by atoms with Gasteiger partial charge in [0.1, 0.15) is 18.1 Å². The van der Waals surface area contributed by atoms with Crippen molar-refractivity contribution in [2.75, 3.05) is 6.61 Å². The Balaban J connectivity index is 2.49. The smallest absolute Gasteiger partial charge is 0.169 e. The van der Waals surface area contributed by atoms with E-state index >= 15 is 0 Å². The van der Waals surface area contributed by atoms with E-state index in [4.69, 9.17) is 4.84 Å². The first-order chi connectivity index (χ1) is 9.94. The van der Waals surface area contributed by atoms with Crippen LogP contribution in [0.1, 0.15) is 39.2 Å². The molecule has 1 N–H and O–H groups in total. The number of carbonyl (C=O) groups is 1. The molecule has 0 aliphatic heterocycles. The quantitative estimate of drug-likeness (QED) is 0.679. The van der Waals surface area contributed by atoms with Crippen LogP contribution in [0.15, 0.2) is 46.8 Å². The number of ketones is 1. The van der Waals surface area contributed by atoms with Gasteiger partial charge in [-0.25, -0.2) is 0 Å². The summed E-state index contributed by atoms with van der Waals surface area (Å²) >= 11 is 0. The number of oxime groups is 1. The largest absolute Gasteiger partial charge is 0.511 e. The van der Waals surface area contributed by atoms with Crippen LogP contribution in [-0.4, -0.2) is 23.2 Å². The molecule has 1 aromatic rings. The van der Waals surface area contributed by atoms with Crippen molar-refractivity contribution in [1.82, 2.24) is 0 Å². The Morgan fingerprint density at radius 2 is 1.95 bits per heavy atom. The van der Waals surface area contributed by atoms with Gasteiger partial charge >= 0.3 is 0 Å². The lowest BCUT2D eigenvalue weighted by molar-refractivity contribution is -0.118. The van der Waals surface area contributed by atoms with Crippen molar-refractivity contribution < 1.29 is 14.7 Å². The van der Waals surface area contributed by atoms with Gasteiger partial charge in [0.2, 0.25) is 0 Å². The molecule has 4 nitrogen and oxygen atoms in total. The highest BCUT2D eigenvalue weighted by atomic mass is 16.6. The Kier molecular flexibility index (Phi) is 4.46. The molecule has 21 heavy (non-hydrogen) atoms. The third-order valence-electron chi connectivity index (χ3n) is 3.42. The Labute approximate surface area is 125 Å². The van der Waals surface area contributed by atoms with Crippen molar-refractivity contribution in [3.63, 3.8) is 0 Å². The second-order valence-corrected chi connectivity index (χ2v) is 5.99. The Morgan fingerprint density at radius 1 is 1.29 bits per heavy atom. The highest BCUT2D eigenvalue weighted by molar-refractivity contribution is 6.29. The minimum absolute atomic E-state index is 0.0916. The van der Waals surface area contributed by atoms with Crippen molar-refractivity contribution in [3.05, 3.63) is 47.2 Å². The molecule has 0 saturated heterocycles. The molecule has 0 atom stereocenters. The number of nitrogens with zero attached hydrogens (tertiary/aromatic N) is 1. The molecule has 0 bridgehead atoms. The Morgan fingerprint density at radius 3 is 2.52 bits per heavy atom. The van der Waals surface area contributed by atoms with E-state index in [1.165, 1.54) is 0 Å². The van der Waals surface area contributed by atoms with Crippen molar-refractivity contribution in [2.45, 2.75) is 33.6 Å². The molecule has 112 valence electrons. The molecule has 0 heterocycles. The van der Waals surface area contributed by atoms with Crippen molar-refractivity contribution >= 4 is 11.5 Å². The van der Waals surface area contributed by atoms with Crippen LogP contribution in [-0.2, 0) is 9.63 Å². The standard InChI is InChI=1S/C17H21NO3/c1-4-21-18-16(12-8-6-5-7-9-12)15-13(19)10-17(2,3)11-14(15)20/h5-9,19H,4,10-11H2,1-3H3/b18-16+. The van der Waals surface area contributed by atoms with Crippen LogP contribution in [0.25, 0.3) is 0 Å². The van der Waals surface area contributed by atoms with E-state index in [-0.39, 0.29) is 22.5 Å². The van der Waals surface area contributed by atoms with Crippen LogP contribution in [0.5, 0.6) is 0 Å². The van der Waals surface area contributed by atoms with E-state index in [0.29, 0.717) is 25.2 Å². The molecule has 1 aliphatic rings. The molecule has 4 heteroatoms. The topological polar surface area (TPSA) is 58.9 Å². The molecule has 0 fully saturated rings. The van der Waals surface area contributed by atoms with Gasteiger partial charge in [0.05, 0.1) is 5.57 Å². The first kappa shape index (κ1) is 15.3. The van der Waals surface area contributed by atoms with Crippen molar-refractivity contribution in [3.8, 4) is 0 Å². The van der Waals surface area contributed by atoms with Gasteiger partial charge in [0.25, 0.3) is 0 Å². The number of allylic oxidation sites excluding steroid dienone is 2. The number of benzene rings is 1. The summed E-state index contributed by atoms with van der Waals surface area (Å²) < 4.78 is 0. The molecule has 1 aromatic carbocycles. The third kappa shape index (κ3) is 3.51. The summed E-state index contributed by atoms with van der Waals surface area (Å²) in [4.78, 5) is 17.6. The van der Waals surface area contributed by atoms with Gasteiger partial charge in [-0.3, -0.25) is 4.79 Å². The number of aliphatic hydroxyl groups excluding tert-OH is 1. The molecule has 0 aromatic heterocycles. The van der Waals surface area contributed by atoms with Gasteiger partial charge in [0.15, 0.2) is 5.78 Å². The highest BCUT2D eigenvalue weighted by Gasteiger charge is 2.35. The third-order valence-corrected chi connectivity index (χ3v) is 3.42. The first-order valence-electron chi connectivity index (χ1n) is 7.15. The van der Waals surface area contributed by atoms with Crippen LogP contribution in [0.4, 0.5) is 0 Å². The normalized spacial score (nSPS) is 18.8. The van der Waals surface area contributed by atoms with E-state index in [9.17, 15) is 9.90 Å².